The second kappa shape index (κ2) is 7.02. The summed E-state index contributed by atoms with van der Waals surface area (Å²) in [5.41, 5.74) is -1.89. The molecule has 0 aromatic rings. The minimum Gasteiger partial charge on any atom is -0.465 e. The molecule has 8 nitrogen and oxygen atoms in total. The Morgan fingerprint density at radius 2 is 2.00 bits per heavy atom. The molecular weight excluding hydrogens is 392 g/mol. The van der Waals surface area contributed by atoms with E-state index in [0.717, 1.165) is 5.57 Å². The molecule has 2 aliphatic heterocycles. The van der Waals surface area contributed by atoms with Gasteiger partial charge in [-0.3, -0.25) is 9.59 Å². The number of epoxide rings is 1. The van der Waals surface area contributed by atoms with Gasteiger partial charge in [-0.1, -0.05) is 26.8 Å². The van der Waals surface area contributed by atoms with Crippen LogP contribution in [0.25, 0.3) is 0 Å². The molecule has 8 heteroatoms. The fourth-order valence-corrected chi connectivity index (χ4v) is 5.92. The summed E-state index contributed by atoms with van der Waals surface area (Å²) in [5, 5.41) is 21.9. The molecular formula is C22H32O8. The van der Waals surface area contributed by atoms with Crippen molar-refractivity contribution in [1.29, 1.82) is 0 Å². The molecule has 0 amide bonds. The molecule has 168 valence electrons. The molecule has 0 aromatic carbocycles. The maximum absolute atomic E-state index is 12.4. The summed E-state index contributed by atoms with van der Waals surface area (Å²) in [6.07, 6.45) is -1.50. The zero-order chi connectivity index (χ0) is 22.1. The van der Waals surface area contributed by atoms with E-state index < -0.39 is 52.9 Å². The summed E-state index contributed by atoms with van der Waals surface area (Å²) in [5.74, 6) is -0.584. The van der Waals surface area contributed by atoms with Crippen LogP contribution in [0.5, 0.6) is 0 Å². The number of esters is 2. The number of carbonyl (C=O) groups is 2. The zero-order valence-corrected chi connectivity index (χ0v) is 18.2. The van der Waals surface area contributed by atoms with Crippen molar-refractivity contribution < 1.29 is 38.7 Å². The normalized spacial score (nSPS) is 46.4. The van der Waals surface area contributed by atoms with Crippen LogP contribution < -0.4 is 0 Å². The van der Waals surface area contributed by atoms with Crippen molar-refractivity contribution >= 4 is 11.9 Å². The monoisotopic (exact) mass is 424 g/mol. The average molecular weight is 424 g/mol. The lowest BCUT2D eigenvalue weighted by molar-refractivity contribution is -0.239. The predicted octanol–water partition coefficient (Wildman–Crippen LogP) is 1.12. The molecule has 2 bridgehead atoms. The standard InChI is InChI=1S/C22H32O8/c1-11(2)6-16(24)29-14-8-21(9-27-13(4)23)15(7-12(14)3)30-19-17(25)18(26)20(21,5)22(19)10-28-22/h7,11,14-15,17-19,25-26H,6,8-10H2,1-5H3/t14-,15+,17+,18+,19+,20-,21+,22+/m0/s1. The average Bonchev–Trinajstić information content (AvgIpc) is 3.43. The third-order valence-corrected chi connectivity index (χ3v) is 7.74. The fourth-order valence-electron chi connectivity index (χ4n) is 5.92. The molecule has 1 spiro atoms. The summed E-state index contributed by atoms with van der Waals surface area (Å²) in [6, 6.07) is 0. The Bertz CT molecular complexity index is 771. The van der Waals surface area contributed by atoms with Crippen LogP contribution in [0.4, 0.5) is 0 Å². The van der Waals surface area contributed by atoms with Gasteiger partial charge in [0.2, 0.25) is 0 Å². The second-order valence-corrected chi connectivity index (χ2v) is 9.92. The first kappa shape index (κ1) is 21.7. The van der Waals surface area contributed by atoms with E-state index in [-0.39, 0.29) is 18.5 Å². The maximum Gasteiger partial charge on any atom is 0.306 e. The minimum atomic E-state index is -1.13. The van der Waals surface area contributed by atoms with Crippen molar-refractivity contribution in [2.24, 2.45) is 16.7 Å². The Morgan fingerprint density at radius 1 is 1.33 bits per heavy atom. The Balaban J connectivity index is 1.75. The van der Waals surface area contributed by atoms with Gasteiger partial charge < -0.3 is 29.2 Å². The molecule has 4 rings (SSSR count). The molecule has 3 fully saturated rings. The Kier molecular flexibility index (Phi) is 5.09. The maximum atomic E-state index is 12.4. The summed E-state index contributed by atoms with van der Waals surface area (Å²) in [4.78, 5) is 24.1. The van der Waals surface area contributed by atoms with Gasteiger partial charge in [-0.2, -0.15) is 0 Å². The number of carbonyl (C=O) groups excluding carboxylic acids is 2. The molecule has 1 saturated carbocycles. The number of rotatable bonds is 5. The largest absolute Gasteiger partial charge is 0.465 e. The van der Waals surface area contributed by atoms with E-state index in [1.165, 1.54) is 6.92 Å². The van der Waals surface area contributed by atoms with E-state index in [9.17, 15) is 19.8 Å². The van der Waals surface area contributed by atoms with Crippen LogP contribution in [0, 0.1) is 16.7 Å². The zero-order valence-electron chi connectivity index (χ0n) is 18.2. The van der Waals surface area contributed by atoms with Gasteiger partial charge in [0.1, 0.15) is 30.5 Å². The number of hydrogen-bond donors (Lipinski definition) is 2. The molecule has 0 aromatic heterocycles. The van der Waals surface area contributed by atoms with E-state index >= 15 is 0 Å². The van der Waals surface area contributed by atoms with Crippen molar-refractivity contribution in [2.75, 3.05) is 13.2 Å². The van der Waals surface area contributed by atoms with Crippen LogP contribution in [0.2, 0.25) is 0 Å². The fraction of sp³-hybridized carbons (Fsp3) is 0.818. The van der Waals surface area contributed by atoms with Crippen molar-refractivity contribution in [2.45, 2.75) is 83.6 Å². The van der Waals surface area contributed by atoms with Crippen LogP contribution in [-0.4, -0.2) is 71.5 Å². The van der Waals surface area contributed by atoms with E-state index in [2.05, 4.69) is 0 Å². The third-order valence-electron chi connectivity index (χ3n) is 7.74. The van der Waals surface area contributed by atoms with Crippen molar-refractivity contribution in [3.05, 3.63) is 11.6 Å². The van der Waals surface area contributed by atoms with Crippen LogP contribution in [0.15, 0.2) is 11.6 Å². The molecule has 0 radical (unpaired) electrons. The topological polar surface area (TPSA) is 115 Å². The van der Waals surface area contributed by atoms with Gasteiger partial charge in [0, 0.05) is 30.6 Å². The molecule has 30 heavy (non-hydrogen) atoms. The van der Waals surface area contributed by atoms with Gasteiger partial charge in [-0.15, -0.1) is 0 Å². The van der Waals surface area contributed by atoms with Gasteiger partial charge in [-0.05, 0) is 18.4 Å². The van der Waals surface area contributed by atoms with E-state index in [1.807, 2.05) is 33.8 Å². The first-order valence-electron chi connectivity index (χ1n) is 10.7. The second-order valence-electron chi connectivity index (χ2n) is 9.92. The van der Waals surface area contributed by atoms with Gasteiger partial charge in [0.25, 0.3) is 0 Å². The molecule has 2 heterocycles. The van der Waals surface area contributed by atoms with Crippen LogP contribution in [-0.2, 0) is 28.5 Å². The Morgan fingerprint density at radius 3 is 2.57 bits per heavy atom. The first-order chi connectivity index (χ1) is 14.0. The smallest absolute Gasteiger partial charge is 0.306 e. The number of aliphatic hydroxyl groups is 2. The van der Waals surface area contributed by atoms with Crippen molar-refractivity contribution in [3.63, 3.8) is 0 Å². The van der Waals surface area contributed by atoms with E-state index in [4.69, 9.17) is 18.9 Å². The van der Waals surface area contributed by atoms with Crippen LogP contribution >= 0.6 is 0 Å². The lowest BCUT2D eigenvalue weighted by Gasteiger charge is -2.58. The molecule has 4 aliphatic rings. The number of ether oxygens (including phenoxy) is 4. The minimum absolute atomic E-state index is 0.0346. The van der Waals surface area contributed by atoms with Crippen molar-refractivity contribution in [3.8, 4) is 0 Å². The number of aliphatic hydroxyl groups excluding tert-OH is 2. The van der Waals surface area contributed by atoms with E-state index in [0.29, 0.717) is 19.4 Å². The van der Waals surface area contributed by atoms with Crippen molar-refractivity contribution in [1.82, 2.24) is 0 Å². The SMILES string of the molecule is CC(=O)OC[C@]12C[C@H](OC(=O)CC(C)C)C(C)=C[C@H]1O[C@@H]1[C@H](O)[C@@H](O)[C@]2(C)[C@@]12CO2. The van der Waals surface area contributed by atoms with Crippen LogP contribution in [0.1, 0.15) is 47.5 Å². The number of fused-ring (bicyclic) bond motifs is 2. The Hall–Kier alpha value is -1.48. The summed E-state index contributed by atoms with van der Waals surface area (Å²) < 4.78 is 23.4. The predicted molar refractivity (Wildman–Crippen MR) is 104 cm³/mol. The lowest BCUT2D eigenvalue weighted by atomic mass is 9.51. The highest BCUT2D eigenvalue weighted by atomic mass is 16.6. The molecule has 2 N–H and O–H groups in total. The quantitative estimate of drug-likeness (QED) is 0.383. The highest BCUT2D eigenvalue weighted by molar-refractivity contribution is 5.70. The van der Waals surface area contributed by atoms with Gasteiger partial charge in [-0.25, -0.2) is 0 Å². The van der Waals surface area contributed by atoms with Crippen LogP contribution in [0.3, 0.4) is 0 Å². The van der Waals surface area contributed by atoms with E-state index in [1.54, 1.807) is 0 Å². The summed E-state index contributed by atoms with van der Waals surface area (Å²) in [6.45, 7) is 9.28. The molecule has 2 aliphatic carbocycles. The first-order valence-corrected chi connectivity index (χ1v) is 10.7. The van der Waals surface area contributed by atoms with Gasteiger partial charge in [0.05, 0.1) is 18.8 Å². The third kappa shape index (κ3) is 2.80. The highest BCUT2D eigenvalue weighted by Gasteiger charge is 2.85. The molecule has 0 unspecified atom stereocenters. The molecule has 8 atom stereocenters. The highest BCUT2D eigenvalue weighted by Crippen LogP contribution is 2.71. The summed E-state index contributed by atoms with van der Waals surface area (Å²) >= 11 is 0. The Labute approximate surface area is 176 Å². The lowest BCUT2D eigenvalue weighted by Crippen LogP contribution is -2.67. The summed E-state index contributed by atoms with van der Waals surface area (Å²) in [7, 11) is 0. The number of hydrogen-bond acceptors (Lipinski definition) is 8. The molecule has 2 saturated heterocycles. The van der Waals surface area contributed by atoms with Gasteiger partial charge in [0.15, 0.2) is 0 Å². The van der Waals surface area contributed by atoms with Gasteiger partial charge >= 0.3 is 11.9 Å².